The van der Waals surface area contributed by atoms with Gasteiger partial charge in [0.25, 0.3) is 5.69 Å². The highest BCUT2D eigenvalue weighted by Gasteiger charge is 2.33. The Hall–Kier alpha value is -3.63. The van der Waals surface area contributed by atoms with Crippen molar-refractivity contribution in [3.05, 3.63) is 69.8 Å². The lowest BCUT2D eigenvalue weighted by atomic mass is 10.1. The molecule has 2 rings (SSSR count). The van der Waals surface area contributed by atoms with Crippen LogP contribution in [0.15, 0.2) is 48.5 Å². The number of carbonyl (C=O) groups is 2. The summed E-state index contributed by atoms with van der Waals surface area (Å²) in [5.41, 5.74) is 2.17. The predicted molar refractivity (Wildman–Crippen MR) is 88.5 cm³/mol. The van der Waals surface area contributed by atoms with Crippen molar-refractivity contribution >= 4 is 23.3 Å². The molecule has 0 aliphatic carbocycles. The normalized spacial score (nSPS) is 10.8. The highest BCUT2D eigenvalue weighted by Crippen LogP contribution is 2.34. The zero-order valence-electron chi connectivity index (χ0n) is 13.5. The van der Waals surface area contributed by atoms with Crippen molar-refractivity contribution < 1.29 is 27.7 Å². The van der Waals surface area contributed by atoms with Gasteiger partial charge < -0.3 is 5.32 Å². The van der Waals surface area contributed by atoms with Gasteiger partial charge >= 0.3 is 12.2 Å². The molecule has 0 bridgehead atoms. The SMILES string of the molecule is O=C(Cc1ccccc1[N+](=O)[O-])NNC(=O)Nc1ccccc1C(F)(F)F. The van der Waals surface area contributed by atoms with Crippen LogP contribution in [-0.4, -0.2) is 16.9 Å². The molecule has 0 radical (unpaired) electrons. The number of carbonyl (C=O) groups excluding carboxylic acids is 2. The van der Waals surface area contributed by atoms with Gasteiger partial charge in [-0.3, -0.25) is 20.3 Å². The third-order valence-electron chi connectivity index (χ3n) is 3.34. The molecule has 3 N–H and O–H groups in total. The molecule has 0 atom stereocenters. The molecule has 11 heteroatoms. The first-order chi connectivity index (χ1) is 12.7. The molecule has 8 nitrogen and oxygen atoms in total. The van der Waals surface area contributed by atoms with Gasteiger partial charge in [0, 0.05) is 11.6 Å². The monoisotopic (exact) mass is 382 g/mol. The summed E-state index contributed by atoms with van der Waals surface area (Å²) >= 11 is 0. The van der Waals surface area contributed by atoms with E-state index in [4.69, 9.17) is 0 Å². The number of hydrogen-bond acceptors (Lipinski definition) is 4. The molecule has 0 aliphatic heterocycles. The molecular formula is C16H13F3N4O4. The number of halogens is 3. The number of nitro groups is 1. The maximum absolute atomic E-state index is 12.9. The second-order valence-corrected chi connectivity index (χ2v) is 5.23. The van der Waals surface area contributed by atoms with Crippen molar-refractivity contribution in [3.63, 3.8) is 0 Å². The van der Waals surface area contributed by atoms with Crippen molar-refractivity contribution in [1.29, 1.82) is 0 Å². The molecule has 0 spiro atoms. The second-order valence-electron chi connectivity index (χ2n) is 5.23. The fourth-order valence-electron chi connectivity index (χ4n) is 2.17. The van der Waals surface area contributed by atoms with Gasteiger partial charge in [0.1, 0.15) is 0 Å². The van der Waals surface area contributed by atoms with Gasteiger partial charge in [0.05, 0.1) is 22.6 Å². The number of rotatable bonds is 4. The molecule has 0 fully saturated rings. The summed E-state index contributed by atoms with van der Waals surface area (Å²) in [6.45, 7) is 0. The van der Waals surface area contributed by atoms with E-state index >= 15 is 0 Å². The van der Waals surface area contributed by atoms with Crippen LogP contribution in [0.1, 0.15) is 11.1 Å². The van der Waals surface area contributed by atoms with Crippen LogP contribution in [0, 0.1) is 10.1 Å². The highest BCUT2D eigenvalue weighted by atomic mass is 19.4. The van der Waals surface area contributed by atoms with E-state index in [1.807, 2.05) is 16.2 Å². The third kappa shape index (κ3) is 5.42. The number of nitro benzene ring substituents is 1. The fourth-order valence-corrected chi connectivity index (χ4v) is 2.17. The summed E-state index contributed by atoms with van der Waals surface area (Å²) in [5, 5.41) is 12.9. The summed E-state index contributed by atoms with van der Waals surface area (Å²) < 4.78 is 38.6. The van der Waals surface area contributed by atoms with Crippen molar-refractivity contribution in [2.24, 2.45) is 0 Å². The Kier molecular flexibility index (Phi) is 5.96. The molecule has 0 saturated heterocycles. The first-order valence-corrected chi connectivity index (χ1v) is 7.43. The number of amides is 3. The van der Waals surface area contributed by atoms with Crippen molar-refractivity contribution in [2.45, 2.75) is 12.6 Å². The van der Waals surface area contributed by atoms with E-state index < -0.39 is 40.7 Å². The lowest BCUT2D eigenvalue weighted by Gasteiger charge is -2.14. The number of nitrogens with zero attached hydrogens (tertiary/aromatic N) is 1. The molecule has 2 aromatic carbocycles. The van der Waals surface area contributed by atoms with E-state index in [-0.39, 0.29) is 11.3 Å². The van der Waals surface area contributed by atoms with Crippen LogP contribution in [0.4, 0.5) is 29.3 Å². The standard InChI is InChI=1S/C16H13F3N4O4/c17-16(18,19)11-6-2-3-7-12(11)20-15(25)22-21-14(24)9-10-5-1-4-8-13(10)23(26)27/h1-8H,9H2,(H,21,24)(H2,20,22,25). The molecule has 0 heterocycles. The van der Waals surface area contributed by atoms with Crippen LogP contribution >= 0.6 is 0 Å². The van der Waals surface area contributed by atoms with Crippen LogP contribution in [0.3, 0.4) is 0 Å². The second kappa shape index (κ2) is 8.17. The van der Waals surface area contributed by atoms with Crippen LogP contribution in [-0.2, 0) is 17.4 Å². The average Bonchev–Trinajstić information content (AvgIpc) is 2.60. The van der Waals surface area contributed by atoms with Gasteiger partial charge in [0.15, 0.2) is 0 Å². The molecule has 0 aromatic heterocycles. The van der Waals surface area contributed by atoms with E-state index in [1.165, 1.54) is 36.4 Å². The smallest absolute Gasteiger partial charge is 0.306 e. The molecule has 0 saturated carbocycles. The predicted octanol–water partition coefficient (Wildman–Crippen LogP) is 3.01. The lowest BCUT2D eigenvalue weighted by Crippen LogP contribution is -2.44. The molecule has 27 heavy (non-hydrogen) atoms. The van der Waals surface area contributed by atoms with Crippen molar-refractivity contribution in [2.75, 3.05) is 5.32 Å². The zero-order chi connectivity index (χ0) is 20.0. The van der Waals surface area contributed by atoms with Gasteiger partial charge in [-0.05, 0) is 12.1 Å². The zero-order valence-corrected chi connectivity index (χ0v) is 13.5. The number of anilines is 1. The van der Waals surface area contributed by atoms with Gasteiger partial charge in [-0.2, -0.15) is 13.2 Å². The molecule has 142 valence electrons. The van der Waals surface area contributed by atoms with Gasteiger partial charge in [0.2, 0.25) is 5.91 Å². The minimum atomic E-state index is -4.67. The minimum Gasteiger partial charge on any atom is -0.306 e. The molecular weight excluding hydrogens is 369 g/mol. The lowest BCUT2D eigenvalue weighted by molar-refractivity contribution is -0.385. The average molecular weight is 382 g/mol. The fraction of sp³-hybridized carbons (Fsp3) is 0.125. The molecule has 0 unspecified atom stereocenters. The van der Waals surface area contributed by atoms with E-state index in [0.717, 1.165) is 12.1 Å². The first-order valence-electron chi connectivity index (χ1n) is 7.43. The van der Waals surface area contributed by atoms with Gasteiger partial charge in [-0.1, -0.05) is 30.3 Å². The summed E-state index contributed by atoms with van der Waals surface area (Å²) in [7, 11) is 0. The Morgan fingerprint density at radius 1 is 1.00 bits per heavy atom. The van der Waals surface area contributed by atoms with Crippen molar-refractivity contribution in [3.8, 4) is 0 Å². The number of para-hydroxylation sites is 2. The largest absolute Gasteiger partial charge is 0.418 e. The Labute approximate surface area is 150 Å². The highest BCUT2D eigenvalue weighted by molar-refractivity contribution is 5.92. The van der Waals surface area contributed by atoms with Crippen LogP contribution in [0.25, 0.3) is 0 Å². The Morgan fingerprint density at radius 3 is 2.30 bits per heavy atom. The van der Waals surface area contributed by atoms with Crippen LogP contribution in [0.2, 0.25) is 0 Å². The number of nitrogens with one attached hydrogen (secondary N) is 3. The number of hydrazine groups is 1. The van der Waals surface area contributed by atoms with Crippen molar-refractivity contribution in [1.82, 2.24) is 10.9 Å². The maximum Gasteiger partial charge on any atom is 0.418 e. The van der Waals surface area contributed by atoms with E-state index in [0.29, 0.717) is 0 Å². The number of urea groups is 1. The first kappa shape index (κ1) is 19.7. The topological polar surface area (TPSA) is 113 Å². The summed E-state index contributed by atoms with van der Waals surface area (Å²) in [6, 6.07) is 8.74. The van der Waals surface area contributed by atoms with Gasteiger partial charge in [-0.15, -0.1) is 0 Å². The maximum atomic E-state index is 12.9. The number of benzene rings is 2. The Balaban J connectivity index is 1.95. The molecule has 2 aromatic rings. The quantitative estimate of drug-likeness (QED) is 0.557. The van der Waals surface area contributed by atoms with E-state index in [1.54, 1.807) is 0 Å². The molecule has 0 aliphatic rings. The minimum absolute atomic E-state index is 0.115. The van der Waals surface area contributed by atoms with Crippen LogP contribution in [0.5, 0.6) is 0 Å². The summed E-state index contributed by atoms with van der Waals surface area (Å²) in [5.74, 6) is -0.788. The van der Waals surface area contributed by atoms with Crippen LogP contribution < -0.4 is 16.2 Å². The van der Waals surface area contributed by atoms with E-state index in [2.05, 4.69) is 0 Å². The third-order valence-corrected chi connectivity index (χ3v) is 3.34. The number of alkyl halides is 3. The van der Waals surface area contributed by atoms with E-state index in [9.17, 15) is 32.9 Å². The summed E-state index contributed by atoms with van der Waals surface area (Å²) in [6.07, 6.45) is -5.07. The Bertz CT molecular complexity index is 871. The number of hydrogen-bond donors (Lipinski definition) is 3. The summed E-state index contributed by atoms with van der Waals surface area (Å²) in [4.78, 5) is 33.8. The Morgan fingerprint density at radius 2 is 1.63 bits per heavy atom. The van der Waals surface area contributed by atoms with Gasteiger partial charge in [-0.25, -0.2) is 10.2 Å². The molecule has 3 amide bonds.